The van der Waals surface area contributed by atoms with E-state index in [1.54, 1.807) is 0 Å². The summed E-state index contributed by atoms with van der Waals surface area (Å²) >= 11 is 0. The number of nitrogens with zero attached hydrogens (tertiary/aromatic N) is 4. The summed E-state index contributed by atoms with van der Waals surface area (Å²) in [6.45, 7) is 0. The molecule has 0 saturated heterocycles. The van der Waals surface area contributed by atoms with Crippen LogP contribution in [0.3, 0.4) is 0 Å². The Labute approximate surface area is 598 Å². The van der Waals surface area contributed by atoms with Crippen LogP contribution in [0.2, 0.25) is 0 Å². The van der Waals surface area contributed by atoms with Crippen LogP contribution in [-0.4, -0.2) is 0 Å². The lowest BCUT2D eigenvalue weighted by molar-refractivity contribution is 1.27. The Bertz CT molecular complexity index is 4610. The Morgan fingerprint density at radius 2 is 0.265 bits per heavy atom. The molecule has 0 atom stereocenters. The lowest BCUT2D eigenvalue weighted by atomic mass is 9.77. The minimum Gasteiger partial charge on any atom is -0.310 e. The molecule has 102 heavy (non-hydrogen) atoms. The molecule has 0 aromatic heterocycles. The molecule has 0 spiro atoms. The predicted octanol–water partition coefficient (Wildman–Crippen LogP) is 27.2. The van der Waals surface area contributed by atoms with Crippen molar-refractivity contribution in [3.8, 4) is 44.5 Å². The molecular weight excluding hydrogens is 1230 g/mol. The zero-order valence-corrected chi connectivity index (χ0v) is 56.4. The molecule has 484 valence electrons. The third-order valence-electron chi connectivity index (χ3n) is 18.8. The average Bonchev–Trinajstić information content (AvgIpc) is 0.728. The highest BCUT2D eigenvalue weighted by atomic mass is 15.2. The Balaban J connectivity index is 1.17. The van der Waals surface area contributed by atoms with E-state index in [4.69, 9.17) is 0 Å². The maximum atomic E-state index is 2.48. The SMILES string of the molecule is c1ccc(-c2ccc(N(c3ccccc3)c3ccccc3)cc2C(=C(c2cc(N(c3ccccc3)c3ccccc3)ccc2-c2ccccc2)c2cc(N(c3ccccc3)c3ccccc3)ccc2-c2ccccc2)c2cc(N(c3ccccc3)c3ccccc3)ccc2-c2ccccc2)cc1. The summed E-state index contributed by atoms with van der Waals surface area (Å²) in [6.07, 6.45) is 0. The number of para-hydroxylation sites is 8. The Morgan fingerprint density at radius 3 is 0.412 bits per heavy atom. The van der Waals surface area contributed by atoms with Crippen molar-refractivity contribution in [3.05, 3.63) is 459 Å². The smallest absolute Gasteiger partial charge is 0.0468 e. The van der Waals surface area contributed by atoms with Gasteiger partial charge in [0, 0.05) is 68.2 Å². The Kier molecular flexibility index (Phi) is 18.4. The summed E-state index contributed by atoms with van der Waals surface area (Å²) in [6, 6.07) is 159. The molecule has 0 amide bonds. The number of anilines is 12. The van der Waals surface area contributed by atoms with Crippen LogP contribution in [0.1, 0.15) is 22.3 Å². The standard InChI is InChI=1S/C98H72N4/c1-13-37-73(38-14-1)89-65-61-85(99(77-45-21-5-22-46-77)78-47-23-6-24-48-78)69-93(89)97(94-70-86(62-66-90(94)74-39-15-2-16-40-74)100(79-49-25-7-26-50-79)80-51-27-8-28-52-80)98(95-71-87(63-67-91(95)75-41-17-3-18-42-75)101(81-53-29-9-30-54-81)82-55-31-10-32-56-82)96-72-88(64-68-92(96)76-43-19-4-20-44-76)102(83-57-33-11-34-58-83)84-59-35-12-36-60-84/h1-72H. The Morgan fingerprint density at radius 1 is 0.127 bits per heavy atom. The normalized spacial score (nSPS) is 10.9. The van der Waals surface area contributed by atoms with Crippen molar-refractivity contribution >= 4 is 79.4 Å². The maximum Gasteiger partial charge on any atom is 0.0468 e. The first kappa shape index (κ1) is 63.2. The van der Waals surface area contributed by atoms with Gasteiger partial charge in [-0.05, 0) is 224 Å². The van der Waals surface area contributed by atoms with Crippen molar-refractivity contribution in [1.29, 1.82) is 0 Å². The van der Waals surface area contributed by atoms with Gasteiger partial charge in [-0.2, -0.15) is 0 Å². The molecular formula is C98H72N4. The fourth-order valence-corrected chi connectivity index (χ4v) is 14.2. The number of hydrogen-bond donors (Lipinski definition) is 0. The fraction of sp³-hybridized carbons (Fsp3) is 0. The largest absolute Gasteiger partial charge is 0.310 e. The molecule has 0 aliphatic heterocycles. The second kappa shape index (κ2) is 29.7. The van der Waals surface area contributed by atoms with E-state index < -0.39 is 0 Å². The second-order valence-corrected chi connectivity index (χ2v) is 25.2. The van der Waals surface area contributed by atoms with Gasteiger partial charge in [0.2, 0.25) is 0 Å². The molecule has 4 heteroatoms. The van der Waals surface area contributed by atoms with Crippen molar-refractivity contribution in [3.63, 3.8) is 0 Å². The van der Waals surface area contributed by atoms with Gasteiger partial charge in [0.15, 0.2) is 0 Å². The summed E-state index contributed by atoms with van der Waals surface area (Å²) in [7, 11) is 0. The van der Waals surface area contributed by atoms with Crippen LogP contribution in [-0.2, 0) is 0 Å². The lowest BCUT2D eigenvalue weighted by Crippen LogP contribution is -2.13. The van der Waals surface area contributed by atoms with Crippen LogP contribution < -0.4 is 19.6 Å². The quantitative estimate of drug-likeness (QED) is 0.0705. The second-order valence-electron chi connectivity index (χ2n) is 25.2. The van der Waals surface area contributed by atoms with Gasteiger partial charge in [-0.1, -0.05) is 291 Å². The summed E-state index contributed by atoms with van der Waals surface area (Å²) in [4.78, 5) is 9.60. The van der Waals surface area contributed by atoms with E-state index in [1.165, 1.54) is 0 Å². The third kappa shape index (κ3) is 13.2. The van der Waals surface area contributed by atoms with E-state index in [1.807, 2.05) is 0 Å². The van der Waals surface area contributed by atoms with Crippen LogP contribution >= 0.6 is 0 Å². The molecule has 0 aliphatic carbocycles. The zero-order chi connectivity index (χ0) is 68.2. The molecule has 0 fully saturated rings. The first-order valence-electron chi connectivity index (χ1n) is 34.8. The van der Waals surface area contributed by atoms with Crippen LogP contribution in [0.4, 0.5) is 68.2 Å². The number of benzene rings is 16. The minimum absolute atomic E-state index is 0.985. The van der Waals surface area contributed by atoms with Crippen molar-refractivity contribution in [1.82, 2.24) is 0 Å². The highest BCUT2D eigenvalue weighted by molar-refractivity contribution is 6.15. The van der Waals surface area contributed by atoms with Crippen molar-refractivity contribution in [2.75, 3.05) is 19.6 Å². The van der Waals surface area contributed by atoms with Crippen LogP contribution in [0, 0.1) is 0 Å². The molecule has 0 heterocycles. The van der Waals surface area contributed by atoms with Crippen molar-refractivity contribution in [2.24, 2.45) is 0 Å². The summed E-state index contributed by atoms with van der Waals surface area (Å²) in [5, 5.41) is 0. The molecule has 16 aromatic rings. The molecule has 0 aliphatic rings. The van der Waals surface area contributed by atoms with Gasteiger partial charge in [0.25, 0.3) is 0 Å². The van der Waals surface area contributed by atoms with Gasteiger partial charge in [0.05, 0.1) is 0 Å². The molecule has 0 N–H and O–H groups in total. The molecule has 4 nitrogen and oxygen atoms in total. The molecule has 0 saturated carbocycles. The molecule has 0 bridgehead atoms. The number of rotatable bonds is 20. The van der Waals surface area contributed by atoms with E-state index >= 15 is 0 Å². The average molecular weight is 1310 g/mol. The van der Waals surface area contributed by atoms with Crippen LogP contribution in [0.25, 0.3) is 55.7 Å². The molecule has 16 aromatic carbocycles. The fourth-order valence-electron chi connectivity index (χ4n) is 14.2. The lowest BCUT2D eigenvalue weighted by Gasteiger charge is -2.32. The highest BCUT2D eigenvalue weighted by Gasteiger charge is 2.31. The van der Waals surface area contributed by atoms with Crippen LogP contribution in [0.15, 0.2) is 437 Å². The van der Waals surface area contributed by atoms with Crippen molar-refractivity contribution in [2.45, 2.75) is 0 Å². The van der Waals surface area contributed by atoms with E-state index in [9.17, 15) is 0 Å². The first-order chi connectivity index (χ1) is 50.7. The highest BCUT2D eigenvalue weighted by Crippen LogP contribution is 2.53. The molecule has 0 unspecified atom stereocenters. The van der Waals surface area contributed by atoms with Gasteiger partial charge in [0.1, 0.15) is 0 Å². The topological polar surface area (TPSA) is 13.0 Å². The van der Waals surface area contributed by atoms with Gasteiger partial charge in [-0.25, -0.2) is 0 Å². The zero-order valence-electron chi connectivity index (χ0n) is 56.4. The van der Waals surface area contributed by atoms with E-state index in [0.29, 0.717) is 0 Å². The van der Waals surface area contributed by atoms with E-state index in [0.717, 1.165) is 146 Å². The van der Waals surface area contributed by atoms with Gasteiger partial charge >= 0.3 is 0 Å². The predicted molar refractivity (Wildman–Crippen MR) is 431 cm³/mol. The van der Waals surface area contributed by atoms with Gasteiger partial charge in [-0.15, -0.1) is 0 Å². The van der Waals surface area contributed by atoms with Crippen molar-refractivity contribution < 1.29 is 0 Å². The minimum atomic E-state index is 0.985. The number of hydrogen-bond acceptors (Lipinski definition) is 4. The van der Waals surface area contributed by atoms with E-state index in [2.05, 4.69) is 456 Å². The first-order valence-corrected chi connectivity index (χ1v) is 34.8. The van der Waals surface area contributed by atoms with Gasteiger partial charge in [-0.3, -0.25) is 0 Å². The monoisotopic (exact) mass is 1300 g/mol. The molecule has 0 radical (unpaired) electrons. The van der Waals surface area contributed by atoms with E-state index in [-0.39, 0.29) is 0 Å². The summed E-state index contributed by atoms with van der Waals surface area (Å²) in [5.74, 6) is 0. The van der Waals surface area contributed by atoms with Gasteiger partial charge < -0.3 is 19.6 Å². The maximum absolute atomic E-state index is 2.48. The Hall–Kier alpha value is -13.5. The summed E-state index contributed by atoms with van der Waals surface area (Å²) < 4.78 is 0. The third-order valence-corrected chi connectivity index (χ3v) is 18.8. The van der Waals surface area contributed by atoms with Crippen LogP contribution in [0.5, 0.6) is 0 Å². The molecule has 16 rings (SSSR count). The summed E-state index contributed by atoms with van der Waals surface area (Å²) in [5.41, 5.74) is 26.8.